The Kier molecular flexibility index (Phi) is 8.14. The van der Waals surface area contributed by atoms with E-state index in [1.54, 1.807) is 12.1 Å². The van der Waals surface area contributed by atoms with Crippen molar-refractivity contribution in [2.75, 3.05) is 16.8 Å². The topological polar surface area (TPSA) is 152 Å². The van der Waals surface area contributed by atoms with Gasteiger partial charge in [0.1, 0.15) is 5.75 Å². The third-order valence-electron chi connectivity index (χ3n) is 10.2. The number of benzene rings is 3. The number of alkyl halides is 3. The summed E-state index contributed by atoms with van der Waals surface area (Å²) in [5.41, 5.74) is -0.196. The number of hydrogen-bond acceptors (Lipinski definition) is 9. The molecule has 3 amide bonds. The third-order valence-corrected chi connectivity index (χ3v) is 13.3. The van der Waals surface area contributed by atoms with Gasteiger partial charge in [-0.25, -0.2) is 0 Å². The van der Waals surface area contributed by atoms with Gasteiger partial charge in [-0.15, -0.1) is 11.8 Å². The third kappa shape index (κ3) is 5.65. The number of hydrogen-bond donors (Lipinski definition) is 2. The molecule has 0 radical (unpaired) electrons. The van der Waals surface area contributed by atoms with E-state index in [1.807, 2.05) is 6.07 Å². The normalized spacial score (nSPS) is 26.1. The van der Waals surface area contributed by atoms with Crippen molar-refractivity contribution in [1.82, 2.24) is 4.98 Å². The number of carbonyl (C=O) groups is 3. The Labute approximate surface area is 302 Å². The lowest BCUT2D eigenvalue weighted by atomic mass is 9.68. The van der Waals surface area contributed by atoms with E-state index in [-0.39, 0.29) is 56.8 Å². The number of aromatic amines is 1. The van der Waals surface area contributed by atoms with Crippen molar-refractivity contribution < 1.29 is 37.2 Å². The second kappa shape index (κ2) is 12.3. The van der Waals surface area contributed by atoms with E-state index in [0.29, 0.717) is 27.2 Å². The first-order valence-corrected chi connectivity index (χ1v) is 18.2. The molecule has 1 saturated heterocycles. The van der Waals surface area contributed by atoms with E-state index in [4.69, 9.17) is 4.74 Å². The number of imide groups is 1. The summed E-state index contributed by atoms with van der Waals surface area (Å²) < 4.78 is 46.3. The van der Waals surface area contributed by atoms with Gasteiger partial charge in [-0.05, 0) is 72.7 Å². The molecule has 2 aliphatic heterocycles. The minimum atomic E-state index is -4.58. The molecule has 0 unspecified atom stereocenters. The predicted molar refractivity (Wildman–Crippen MR) is 184 cm³/mol. The number of nitrogens with one attached hydrogen (secondary N) is 2. The first-order chi connectivity index (χ1) is 24.3. The lowest BCUT2D eigenvalue weighted by Crippen LogP contribution is -2.42. The summed E-state index contributed by atoms with van der Waals surface area (Å²) in [5, 5.41) is 14.2. The molecule has 1 aromatic heterocycles. The Morgan fingerprint density at radius 3 is 2.47 bits per heavy atom. The number of rotatable bonds is 7. The molecule has 3 fully saturated rings. The molecule has 2 aliphatic carbocycles. The van der Waals surface area contributed by atoms with E-state index < -0.39 is 46.9 Å². The summed E-state index contributed by atoms with van der Waals surface area (Å²) >= 11 is 6.08. The highest BCUT2D eigenvalue weighted by Gasteiger charge is 2.70. The predicted octanol–water partition coefficient (Wildman–Crippen LogP) is 6.82. The maximum absolute atomic E-state index is 14.1. The molecule has 4 aliphatic rings. The van der Waals surface area contributed by atoms with Crippen LogP contribution in [0.4, 0.5) is 30.2 Å². The molecule has 0 spiro atoms. The van der Waals surface area contributed by atoms with Gasteiger partial charge in [-0.3, -0.25) is 34.2 Å². The minimum Gasteiger partial charge on any atom is -0.483 e. The summed E-state index contributed by atoms with van der Waals surface area (Å²) in [6.07, 6.45) is -3.97. The number of H-pyrrole nitrogens is 1. The largest absolute Gasteiger partial charge is 0.483 e. The molecule has 17 heteroatoms. The van der Waals surface area contributed by atoms with Crippen LogP contribution in [0.15, 0.2) is 81.0 Å². The molecule has 2 bridgehead atoms. The van der Waals surface area contributed by atoms with E-state index in [1.165, 1.54) is 48.2 Å². The number of fused-ring (bicyclic) bond motifs is 9. The van der Waals surface area contributed by atoms with Crippen molar-refractivity contribution >= 4 is 73.8 Å². The maximum atomic E-state index is 14.1. The van der Waals surface area contributed by atoms with Crippen molar-refractivity contribution in [2.24, 2.45) is 29.6 Å². The molecule has 3 heterocycles. The second-order valence-electron chi connectivity index (χ2n) is 12.8. The molecule has 7 atom stereocenters. The number of nitro groups is 1. The number of amides is 3. The molecular weight excluding hydrogens is 777 g/mol. The maximum Gasteiger partial charge on any atom is 0.416 e. The average Bonchev–Trinajstić information content (AvgIpc) is 3.82. The number of nitro benzene ring substituents is 1. The lowest BCUT2D eigenvalue weighted by Gasteiger charge is -2.43. The lowest BCUT2D eigenvalue weighted by molar-refractivity contribution is -0.384. The SMILES string of the molecule is O=C(COc1ccc(Br)cc1[C@@H]1c2sc(=O)[nH]c2S[C@@H]2[C@@H]3C[C@@H]([C@@H]4C(=O)N(c5ccc([N+](=O)[O-])cc5)C(=O)[C@@H]34)[C@H]12)Nc1cccc(C(F)(F)F)c1. The summed E-state index contributed by atoms with van der Waals surface area (Å²) in [5.74, 6) is -3.39. The van der Waals surface area contributed by atoms with Crippen LogP contribution in [0.2, 0.25) is 0 Å². The Bertz CT molecular complexity index is 2190. The van der Waals surface area contributed by atoms with Gasteiger partial charge >= 0.3 is 11.0 Å². The van der Waals surface area contributed by atoms with Gasteiger partial charge in [0.2, 0.25) is 11.8 Å². The molecule has 262 valence electrons. The van der Waals surface area contributed by atoms with Crippen molar-refractivity contribution in [1.29, 1.82) is 0 Å². The van der Waals surface area contributed by atoms with Crippen LogP contribution in [0.5, 0.6) is 5.75 Å². The van der Waals surface area contributed by atoms with Gasteiger partial charge in [-0.1, -0.05) is 33.3 Å². The highest BCUT2D eigenvalue weighted by molar-refractivity contribution is 9.10. The molecule has 2 saturated carbocycles. The fourth-order valence-electron chi connectivity index (χ4n) is 8.35. The van der Waals surface area contributed by atoms with Crippen LogP contribution in [-0.2, 0) is 20.6 Å². The number of thiazole rings is 1. The molecule has 4 aromatic rings. The van der Waals surface area contributed by atoms with Gasteiger partial charge in [-0.2, -0.15) is 13.2 Å². The van der Waals surface area contributed by atoms with Gasteiger partial charge in [0.15, 0.2) is 6.61 Å². The van der Waals surface area contributed by atoms with Crippen molar-refractivity contribution in [3.63, 3.8) is 0 Å². The molecule has 8 rings (SSSR count). The molecule has 51 heavy (non-hydrogen) atoms. The highest BCUT2D eigenvalue weighted by Crippen LogP contribution is 2.69. The minimum absolute atomic E-state index is 0.0431. The Morgan fingerprint density at radius 2 is 1.76 bits per heavy atom. The van der Waals surface area contributed by atoms with Crippen LogP contribution in [0.3, 0.4) is 0 Å². The number of ether oxygens (including phenoxy) is 1. The second-order valence-corrected chi connectivity index (χ2v) is 16.0. The fourth-order valence-corrected chi connectivity index (χ4v) is 11.6. The van der Waals surface area contributed by atoms with Gasteiger partial charge < -0.3 is 15.0 Å². The monoisotopic (exact) mass is 800 g/mol. The average molecular weight is 802 g/mol. The zero-order valence-electron chi connectivity index (χ0n) is 25.9. The van der Waals surface area contributed by atoms with E-state index in [9.17, 15) is 42.5 Å². The van der Waals surface area contributed by atoms with Crippen LogP contribution < -0.4 is 19.8 Å². The summed E-state index contributed by atoms with van der Waals surface area (Å²) in [6, 6.07) is 14.8. The zero-order chi connectivity index (χ0) is 35.9. The van der Waals surface area contributed by atoms with E-state index >= 15 is 0 Å². The molecule has 11 nitrogen and oxygen atoms in total. The summed E-state index contributed by atoms with van der Waals surface area (Å²) in [6.45, 7) is -0.523. The standard InChI is InChI=1S/C34H24BrF3N4O7S2/c35-15-4-9-22(49-13-23(43)39-16-3-1-2-14(10-16)34(36,37)38)19(11-15)24-25-20-12-21(28(25)50-30-29(24)51-33(46)40-30)27-26(20)31(44)41(32(27)45)17-5-7-18(8-6-17)42(47)48/h1-11,20-21,24-28H,12-13H2,(H,39,43)(H,40,46)/t20-,21-,24+,25-,26+,27+,28-/m1/s1. The molecule has 3 aromatic carbocycles. The fraction of sp³-hybridized carbons (Fsp3) is 0.294. The number of non-ortho nitro benzene ring substituents is 1. The van der Waals surface area contributed by atoms with Crippen LogP contribution in [0.1, 0.15) is 28.3 Å². The first kappa shape index (κ1) is 33.7. The first-order valence-electron chi connectivity index (χ1n) is 15.7. The smallest absolute Gasteiger partial charge is 0.416 e. The van der Waals surface area contributed by atoms with Gasteiger partial charge in [0.25, 0.3) is 11.6 Å². The highest BCUT2D eigenvalue weighted by atomic mass is 79.9. The van der Waals surface area contributed by atoms with Crippen molar-refractivity contribution in [2.45, 2.75) is 28.8 Å². The Morgan fingerprint density at radius 1 is 1.04 bits per heavy atom. The number of halogens is 4. The quantitative estimate of drug-likeness (QED) is 0.117. The number of nitrogens with zero attached hydrogens (tertiary/aromatic N) is 2. The van der Waals surface area contributed by atoms with Crippen molar-refractivity contribution in [3.8, 4) is 5.75 Å². The molecule has 2 N–H and O–H groups in total. The van der Waals surface area contributed by atoms with Crippen LogP contribution >= 0.6 is 39.0 Å². The van der Waals surface area contributed by atoms with Crippen LogP contribution in [0.25, 0.3) is 0 Å². The van der Waals surface area contributed by atoms with Gasteiger partial charge in [0, 0.05) is 43.9 Å². The number of anilines is 2. The zero-order valence-corrected chi connectivity index (χ0v) is 29.1. The van der Waals surface area contributed by atoms with E-state index in [0.717, 1.165) is 33.2 Å². The number of thioether (sulfide) groups is 1. The molecular formula is C34H24BrF3N4O7S2. The van der Waals surface area contributed by atoms with Crippen molar-refractivity contribution in [3.05, 3.63) is 107 Å². The van der Waals surface area contributed by atoms with Crippen LogP contribution in [-0.4, -0.2) is 39.5 Å². The van der Waals surface area contributed by atoms with E-state index in [2.05, 4.69) is 26.2 Å². The Balaban J connectivity index is 1.11. The summed E-state index contributed by atoms with van der Waals surface area (Å²) in [7, 11) is 0. The number of carbonyl (C=O) groups excluding carboxylic acids is 3. The number of aromatic nitrogens is 1. The summed E-state index contributed by atoms with van der Waals surface area (Å²) in [4.78, 5) is 68.8. The van der Waals surface area contributed by atoms with Gasteiger partial charge in [0.05, 0.1) is 33.0 Å². The Hall–Kier alpha value is -4.48. The van der Waals surface area contributed by atoms with Crippen LogP contribution in [0, 0.1) is 39.7 Å².